The average molecular weight is 136 g/mol. The van der Waals surface area contributed by atoms with Crippen LogP contribution >= 0.6 is 0 Å². The Labute approximate surface area is 58.4 Å². The highest BCUT2D eigenvalue weighted by Gasteiger charge is 2.19. The van der Waals surface area contributed by atoms with Crippen molar-refractivity contribution < 1.29 is 4.79 Å². The van der Waals surface area contributed by atoms with Crippen LogP contribution in [0, 0.1) is 0 Å². The summed E-state index contributed by atoms with van der Waals surface area (Å²) in [7, 11) is 0. The minimum Gasteiger partial charge on any atom is -0.385 e. The minimum atomic E-state index is 0.205. The van der Waals surface area contributed by atoms with Gasteiger partial charge in [0.15, 0.2) is 5.78 Å². The lowest BCUT2D eigenvalue weighted by Gasteiger charge is -1.96. The van der Waals surface area contributed by atoms with Crippen LogP contribution < -0.4 is 5.73 Å². The summed E-state index contributed by atoms with van der Waals surface area (Å²) in [5.41, 5.74) is 6.33. The third kappa shape index (κ3) is 0.518. The number of Topliss-reactive ketones (excluding diaryl/α,β-unsaturated/α-hetero) is 1. The SMILES string of the molecule is Nc1ccc2n1CCC2=O. The summed E-state index contributed by atoms with van der Waals surface area (Å²) >= 11 is 0. The van der Waals surface area contributed by atoms with Crippen LogP contribution in [0.2, 0.25) is 0 Å². The molecule has 0 radical (unpaired) electrons. The molecule has 1 aromatic heterocycles. The van der Waals surface area contributed by atoms with Gasteiger partial charge in [-0.2, -0.15) is 0 Å². The highest BCUT2D eigenvalue weighted by atomic mass is 16.1. The molecule has 52 valence electrons. The highest BCUT2D eigenvalue weighted by molar-refractivity contribution is 5.97. The second kappa shape index (κ2) is 1.62. The molecule has 2 N–H and O–H groups in total. The van der Waals surface area contributed by atoms with Crippen LogP contribution in [0.3, 0.4) is 0 Å². The predicted octanol–water partition coefficient (Wildman–Crippen LogP) is 0.657. The Bertz CT molecular complexity index is 288. The van der Waals surface area contributed by atoms with Crippen LogP contribution in [0.15, 0.2) is 12.1 Å². The number of aromatic nitrogens is 1. The number of hydrogen-bond acceptors (Lipinski definition) is 2. The van der Waals surface area contributed by atoms with E-state index in [-0.39, 0.29) is 5.78 Å². The zero-order valence-electron chi connectivity index (χ0n) is 5.50. The summed E-state index contributed by atoms with van der Waals surface area (Å²) in [5.74, 6) is 0.901. The number of nitrogens with two attached hydrogens (primary N) is 1. The van der Waals surface area contributed by atoms with E-state index in [1.54, 1.807) is 12.1 Å². The summed E-state index contributed by atoms with van der Waals surface area (Å²) in [5, 5.41) is 0. The molecule has 0 saturated carbocycles. The molecular weight excluding hydrogens is 128 g/mol. The van der Waals surface area contributed by atoms with Gasteiger partial charge in [-0.05, 0) is 12.1 Å². The maximum absolute atomic E-state index is 11.0. The molecule has 1 aromatic rings. The van der Waals surface area contributed by atoms with E-state index in [9.17, 15) is 4.79 Å². The van der Waals surface area contributed by atoms with E-state index in [1.165, 1.54) is 0 Å². The van der Waals surface area contributed by atoms with Crippen LogP contribution in [0.1, 0.15) is 16.9 Å². The van der Waals surface area contributed by atoms with Gasteiger partial charge in [0.2, 0.25) is 0 Å². The maximum Gasteiger partial charge on any atom is 0.181 e. The number of nitrogen functional groups attached to an aromatic ring is 1. The average Bonchev–Trinajstić information content (AvgIpc) is 2.41. The molecule has 0 saturated heterocycles. The Morgan fingerprint density at radius 1 is 1.50 bits per heavy atom. The maximum atomic E-state index is 11.0. The Morgan fingerprint density at radius 2 is 2.30 bits per heavy atom. The summed E-state index contributed by atoms with van der Waals surface area (Å²) in [6.07, 6.45) is 0.611. The van der Waals surface area contributed by atoms with Crippen LogP contribution in [0.5, 0.6) is 0 Å². The Balaban J connectivity index is 2.63. The lowest BCUT2D eigenvalue weighted by atomic mass is 10.3. The second-order valence-electron chi connectivity index (χ2n) is 2.47. The molecule has 1 aliphatic rings. The summed E-state index contributed by atoms with van der Waals surface area (Å²) < 4.78 is 1.85. The third-order valence-corrected chi connectivity index (χ3v) is 1.86. The standard InChI is InChI=1S/C7H8N2O/c8-7-2-1-5-6(10)3-4-9(5)7/h1-2H,3-4,8H2. The van der Waals surface area contributed by atoms with Crippen molar-refractivity contribution in [3.8, 4) is 0 Å². The molecule has 2 rings (SSSR count). The van der Waals surface area contributed by atoms with Crippen LogP contribution in [0.4, 0.5) is 5.82 Å². The third-order valence-electron chi connectivity index (χ3n) is 1.86. The number of carbonyl (C=O) groups excluding carboxylic acids is 1. The minimum absolute atomic E-state index is 0.205. The molecule has 0 unspecified atom stereocenters. The van der Waals surface area contributed by atoms with E-state index in [1.807, 2.05) is 4.57 Å². The quantitative estimate of drug-likeness (QED) is 0.569. The van der Waals surface area contributed by atoms with E-state index >= 15 is 0 Å². The number of hydrogen-bond donors (Lipinski definition) is 1. The number of carbonyl (C=O) groups is 1. The van der Waals surface area contributed by atoms with E-state index in [0.717, 1.165) is 12.2 Å². The van der Waals surface area contributed by atoms with Crippen LogP contribution in [-0.2, 0) is 6.54 Å². The molecule has 0 fully saturated rings. The van der Waals surface area contributed by atoms with Crippen molar-refractivity contribution in [2.24, 2.45) is 0 Å². The number of anilines is 1. The van der Waals surface area contributed by atoms with Crippen molar-refractivity contribution in [2.45, 2.75) is 13.0 Å². The lowest BCUT2D eigenvalue weighted by molar-refractivity contribution is 0.0994. The molecule has 3 heteroatoms. The fourth-order valence-corrected chi connectivity index (χ4v) is 1.32. The molecule has 3 nitrogen and oxygen atoms in total. The molecular formula is C7H8N2O. The molecule has 1 aliphatic heterocycles. The normalized spacial score (nSPS) is 15.8. The zero-order valence-corrected chi connectivity index (χ0v) is 5.50. The van der Waals surface area contributed by atoms with Gasteiger partial charge < -0.3 is 10.3 Å². The molecule has 0 spiro atoms. The van der Waals surface area contributed by atoms with E-state index < -0.39 is 0 Å². The van der Waals surface area contributed by atoms with Crippen molar-refractivity contribution >= 4 is 11.6 Å². The first-order valence-electron chi connectivity index (χ1n) is 3.27. The highest BCUT2D eigenvalue weighted by Crippen LogP contribution is 2.19. The summed E-state index contributed by atoms with van der Waals surface area (Å²) in [4.78, 5) is 11.0. The lowest BCUT2D eigenvalue weighted by Crippen LogP contribution is -1.98. The zero-order chi connectivity index (χ0) is 7.14. The van der Waals surface area contributed by atoms with Gasteiger partial charge in [-0.3, -0.25) is 4.79 Å². The first kappa shape index (κ1) is 5.53. The first-order valence-corrected chi connectivity index (χ1v) is 3.27. The molecule has 2 heterocycles. The molecule has 0 bridgehead atoms. The Hall–Kier alpha value is -1.25. The van der Waals surface area contributed by atoms with Gasteiger partial charge in [-0.15, -0.1) is 0 Å². The van der Waals surface area contributed by atoms with Crippen molar-refractivity contribution in [1.29, 1.82) is 0 Å². The fraction of sp³-hybridized carbons (Fsp3) is 0.286. The van der Waals surface area contributed by atoms with Gasteiger partial charge in [0.05, 0.1) is 5.69 Å². The summed E-state index contributed by atoms with van der Waals surface area (Å²) in [6, 6.07) is 3.55. The van der Waals surface area contributed by atoms with Crippen LogP contribution in [-0.4, -0.2) is 10.4 Å². The van der Waals surface area contributed by atoms with Gasteiger partial charge >= 0.3 is 0 Å². The summed E-state index contributed by atoms with van der Waals surface area (Å²) in [6.45, 7) is 0.757. The second-order valence-corrected chi connectivity index (χ2v) is 2.47. The molecule has 0 aromatic carbocycles. The fourth-order valence-electron chi connectivity index (χ4n) is 1.32. The Morgan fingerprint density at radius 3 is 3.00 bits per heavy atom. The molecule has 0 aliphatic carbocycles. The van der Waals surface area contributed by atoms with Gasteiger partial charge in [0, 0.05) is 13.0 Å². The van der Waals surface area contributed by atoms with Crippen molar-refractivity contribution in [3.05, 3.63) is 17.8 Å². The molecule has 10 heavy (non-hydrogen) atoms. The topological polar surface area (TPSA) is 48.0 Å². The van der Waals surface area contributed by atoms with Crippen LogP contribution in [0.25, 0.3) is 0 Å². The number of rotatable bonds is 0. The monoisotopic (exact) mass is 136 g/mol. The smallest absolute Gasteiger partial charge is 0.181 e. The van der Waals surface area contributed by atoms with Crippen molar-refractivity contribution in [2.75, 3.05) is 5.73 Å². The number of nitrogens with zero attached hydrogens (tertiary/aromatic N) is 1. The molecule has 0 atom stereocenters. The largest absolute Gasteiger partial charge is 0.385 e. The number of fused-ring (bicyclic) bond motifs is 1. The Kier molecular flexibility index (Phi) is 0.897. The van der Waals surface area contributed by atoms with E-state index in [4.69, 9.17) is 5.73 Å². The number of ketones is 1. The van der Waals surface area contributed by atoms with Gasteiger partial charge in [-0.1, -0.05) is 0 Å². The van der Waals surface area contributed by atoms with E-state index in [2.05, 4.69) is 0 Å². The van der Waals surface area contributed by atoms with E-state index in [0.29, 0.717) is 12.2 Å². The van der Waals surface area contributed by atoms with Crippen molar-refractivity contribution in [1.82, 2.24) is 4.57 Å². The van der Waals surface area contributed by atoms with Gasteiger partial charge in [-0.25, -0.2) is 0 Å². The van der Waals surface area contributed by atoms with Gasteiger partial charge in [0.25, 0.3) is 0 Å². The first-order chi connectivity index (χ1) is 4.79. The predicted molar refractivity (Wildman–Crippen MR) is 37.8 cm³/mol. The van der Waals surface area contributed by atoms with Gasteiger partial charge in [0.1, 0.15) is 5.82 Å². The molecule has 0 amide bonds. The van der Waals surface area contributed by atoms with Crippen molar-refractivity contribution in [3.63, 3.8) is 0 Å².